The van der Waals surface area contributed by atoms with Crippen LogP contribution in [0.3, 0.4) is 0 Å². The van der Waals surface area contributed by atoms with E-state index in [2.05, 4.69) is 0 Å². The molecule has 0 atom stereocenters. The molecule has 1 rings (SSSR count). The molecule has 0 amide bonds. The molecule has 0 fully saturated rings. The number of rotatable bonds is 6. The maximum Gasteiger partial charge on any atom is 0.393 e. The molecule has 0 aliphatic heterocycles. The van der Waals surface area contributed by atoms with Gasteiger partial charge in [-0.1, -0.05) is 24.3 Å². The van der Waals surface area contributed by atoms with E-state index in [-0.39, 0.29) is 5.56 Å². The molecular formula is C12H16F3NO. The largest absolute Gasteiger partial charge is 0.393 e. The molecule has 17 heavy (non-hydrogen) atoms. The summed E-state index contributed by atoms with van der Waals surface area (Å²) in [5.74, 6) is 0. The van der Waals surface area contributed by atoms with E-state index in [0.29, 0.717) is 26.2 Å². The molecule has 0 heterocycles. The number of hydrogen-bond acceptors (Lipinski definition) is 2. The Morgan fingerprint density at radius 3 is 2.12 bits per heavy atom. The van der Waals surface area contributed by atoms with Crippen LogP contribution in [0.1, 0.15) is 11.1 Å². The molecule has 0 saturated carbocycles. The summed E-state index contributed by atoms with van der Waals surface area (Å²) in [4.78, 5) is 0. The van der Waals surface area contributed by atoms with E-state index in [1.807, 2.05) is 0 Å². The van der Waals surface area contributed by atoms with Crippen molar-refractivity contribution in [3.05, 3.63) is 35.4 Å². The molecule has 0 aromatic heterocycles. The zero-order valence-corrected chi connectivity index (χ0v) is 9.46. The van der Waals surface area contributed by atoms with Crippen LogP contribution in [-0.4, -0.2) is 25.9 Å². The highest BCUT2D eigenvalue weighted by Crippen LogP contribution is 2.21. The molecule has 0 aliphatic carbocycles. The summed E-state index contributed by atoms with van der Waals surface area (Å²) in [5, 5.41) is 0. The summed E-state index contributed by atoms with van der Waals surface area (Å²) in [6.07, 6.45) is -4.34. The van der Waals surface area contributed by atoms with Gasteiger partial charge in [0.2, 0.25) is 0 Å². The van der Waals surface area contributed by atoms with Crippen LogP contribution in [0.15, 0.2) is 24.3 Å². The zero-order chi connectivity index (χ0) is 12.7. The van der Waals surface area contributed by atoms with Crippen molar-refractivity contribution < 1.29 is 17.9 Å². The maximum absolute atomic E-state index is 12.1. The summed E-state index contributed by atoms with van der Waals surface area (Å²) < 4.78 is 41.5. The standard InChI is InChI=1S/C12H16F3NO/c13-12(14,15)9-11-3-1-10(2-4-11)5-7-17-8-6-16/h1-4H,5-9,16H2. The van der Waals surface area contributed by atoms with Gasteiger partial charge >= 0.3 is 6.18 Å². The van der Waals surface area contributed by atoms with E-state index in [1.54, 1.807) is 12.1 Å². The summed E-state index contributed by atoms with van der Waals surface area (Å²) in [5.41, 5.74) is 6.50. The summed E-state index contributed by atoms with van der Waals surface area (Å²) in [7, 11) is 0. The van der Waals surface area contributed by atoms with Gasteiger partial charge in [-0.25, -0.2) is 0 Å². The van der Waals surface area contributed by atoms with Gasteiger partial charge in [-0.2, -0.15) is 13.2 Å². The Labute approximate surface area is 98.6 Å². The summed E-state index contributed by atoms with van der Waals surface area (Å²) in [6.45, 7) is 1.52. The molecule has 1 aromatic carbocycles. The second-order valence-electron chi connectivity index (χ2n) is 3.76. The van der Waals surface area contributed by atoms with Crippen molar-refractivity contribution in [2.45, 2.75) is 19.0 Å². The first-order valence-corrected chi connectivity index (χ1v) is 5.43. The van der Waals surface area contributed by atoms with Crippen LogP contribution in [0.25, 0.3) is 0 Å². The third-order valence-electron chi connectivity index (χ3n) is 2.22. The summed E-state index contributed by atoms with van der Waals surface area (Å²) in [6, 6.07) is 6.41. The van der Waals surface area contributed by atoms with Crippen LogP contribution in [0.5, 0.6) is 0 Å². The maximum atomic E-state index is 12.1. The Balaban J connectivity index is 2.39. The van der Waals surface area contributed by atoms with Crippen molar-refractivity contribution in [1.29, 1.82) is 0 Å². The topological polar surface area (TPSA) is 35.2 Å². The van der Waals surface area contributed by atoms with Crippen molar-refractivity contribution in [3.63, 3.8) is 0 Å². The quantitative estimate of drug-likeness (QED) is 0.783. The monoisotopic (exact) mass is 247 g/mol. The lowest BCUT2D eigenvalue weighted by Gasteiger charge is -2.07. The second-order valence-corrected chi connectivity index (χ2v) is 3.76. The molecule has 0 saturated heterocycles. The SMILES string of the molecule is NCCOCCc1ccc(CC(F)(F)F)cc1. The van der Waals surface area contributed by atoms with E-state index in [4.69, 9.17) is 10.5 Å². The van der Waals surface area contributed by atoms with Gasteiger partial charge in [-0.15, -0.1) is 0 Å². The molecule has 96 valence electrons. The van der Waals surface area contributed by atoms with Crippen LogP contribution in [0.2, 0.25) is 0 Å². The lowest BCUT2D eigenvalue weighted by Crippen LogP contribution is -2.11. The highest BCUT2D eigenvalue weighted by Gasteiger charge is 2.27. The molecule has 0 bridgehead atoms. The summed E-state index contributed by atoms with van der Waals surface area (Å²) >= 11 is 0. The molecule has 2 nitrogen and oxygen atoms in total. The molecule has 0 radical (unpaired) electrons. The minimum atomic E-state index is -4.15. The fourth-order valence-electron chi connectivity index (χ4n) is 1.43. The Hall–Kier alpha value is -1.07. The normalized spacial score (nSPS) is 11.8. The van der Waals surface area contributed by atoms with Gasteiger partial charge in [0.1, 0.15) is 0 Å². The molecule has 5 heteroatoms. The number of nitrogens with two attached hydrogens (primary N) is 1. The average molecular weight is 247 g/mol. The van der Waals surface area contributed by atoms with Gasteiger partial charge in [-0.05, 0) is 17.5 Å². The van der Waals surface area contributed by atoms with E-state index in [1.165, 1.54) is 12.1 Å². The molecule has 0 spiro atoms. The lowest BCUT2D eigenvalue weighted by molar-refractivity contribution is -0.127. The van der Waals surface area contributed by atoms with Gasteiger partial charge in [-0.3, -0.25) is 0 Å². The van der Waals surface area contributed by atoms with Crippen LogP contribution in [-0.2, 0) is 17.6 Å². The first-order chi connectivity index (χ1) is 8.01. The molecule has 1 aromatic rings. The first-order valence-electron chi connectivity index (χ1n) is 5.43. The molecule has 0 aliphatic rings. The van der Waals surface area contributed by atoms with E-state index >= 15 is 0 Å². The molecule has 0 unspecified atom stereocenters. The van der Waals surface area contributed by atoms with Crippen molar-refractivity contribution in [1.82, 2.24) is 0 Å². The van der Waals surface area contributed by atoms with Gasteiger partial charge in [0.25, 0.3) is 0 Å². The van der Waals surface area contributed by atoms with Gasteiger partial charge in [0.15, 0.2) is 0 Å². The number of alkyl halides is 3. The third kappa shape index (κ3) is 6.28. The number of hydrogen-bond donors (Lipinski definition) is 1. The van der Waals surface area contributed by atoms with Gasteiger partial charge < -0.3 is 10.5 Å². The number of halogens is 3. The Bertz CT molecular complexity index is 322. The Kier molecular flexibility index (Phi) is 5.44. The zero-order valence-electron chi connectivity index (χ0n) is 9.46. The predicted molar refractivity (Wildman–Crippen MR) is 59.8 cm³/mol. The Morgan fingerprint density at radius 2 is 1.59 bits per heavy atom. The van der Waals surface area contributed by atoms with Crippen molar-refractivity contribution in [2.75, 3.05) is 19.8 Å². The lowest BCUT2D eigenvalue weighted by atomic mass is 10.1. The first kappa shape index (κ1) is 14.0. The smallest absolute Gasteiger partial charge is 0.380 e. The minimum absolute atomic E-state index is 0.282. The van der Waals surface area contributed by atoms with Crippen molar-refractivity contribution in [2.24, 2.45) is 5.73 Å². The molecular weight excluding hydrogens is 231 g/mol. The minimum Gasteiger partial charge on any atom is -0.380 e. The highest BCUT2D eigenvalue weighted by atomic mass is 19.4. The van der Waals surface area contributed by atoms with Crippen molar-refractivity contribution >= 4 is 0 Å². The van der Waals surface area contributed by atoms with Gasteiger partial charge in [0.05, 0.1) is 19.6 Å². The van der Waals surface area contributed by atoms with Crippen LogP contribution < -0.4 is 5.73 Å². The number of ether oxygens (including phenoxy) is 1. The fourth-order valence-corrected chi connectivity index (χ4v) is 1.43. The third-order valence-corrected chi connectivity index (χ3v) is 2.22. The van der Waals surface area contributed by atoms with E-state index < -0.39 is 12.6 Å². The second kappa shape index (κ2) is 6.61. The highest BCUT2D eigenvalue weighted by molar-refractivity contribution is 5.23. The van der Waals surface area contributed by atoms with Crippen LogP contribution >= 0.6 is 0 Å². The van der Waals surface area contributed by atoms with Crippen LogP contribution in [0.4, 0.5) is 13.2 Å². The number of benzene rings is 1. The van der Waals surface area contributed by atoms with E-state index in [9.17, 15) is 13.2 Å². The fraction of sp³-hybridized carbons (Fsp3) is 0.500. The van der Waals surface area contributed by atoms with Gasteiger partial charge in [0, 0.05) is 6.54 Å². The van der Waals surface area contributed by atoms with Crippen molar-refractivity contribution in [3.8, 4) is 0 Å². The van der Waals surface area contributed by atoms with E-state index in [0.717, 1.165) is 5.56 Å². The average Bonchev–Trinajstić information content (AvgIpc) is 2.25. The van der Waals surface area contributed by atoms with Crippen LogP contribution in [0, 0.1) is 0 Å². The Morgan fingerprint density at radius 1 is 1.00 bits per heavy atom. The molecule has 2 N–H and O–H groups in total. The predicted octanol–water partition coefficient (Wildman–Crippen LogP) is 2.31.